The van der Waals surface area contributed by atoms with Gasteiger partial charge in [-0.1, -0.05) is 26.0 Å². The van der Waals surface area contributed by atoms with E-state index in [9.17, 15) is 4.79 Å². The quantitative estimate of drug-likeness (QED) is 0.275. The topological polar surface area (TPSA) is 57.8 Å². The van der Waals surface area contributed by atoms with Gasteiger partial charge in [-0.25, -0.2) is 4.98 Å². The number of aromatic nitrogens is 2. The fourth-order valence-electron chi connectivity index (χ4n) is 2.77. The summed E-state index contributed by atoms with van der Waals surface area (Å²) in [5, 5.41) is 6.96. The normalized spacial score (nSPS) is 13.1. The highest BCUT2D eigenvalue weighted by Gasteiger charge is 2.17. The van der Waals surface area contributed by atoms with Crippen LogP contribution in [0.2, 0.25) is 0 Å². The largest absolute Gasteiger partial charge is 0.355 e. The number of halogens is 1. The first-order valence-corrected chi connectivity index (χ1v) is 10.7. The average Bonchev–Trinajstić information content (AvgIpc) is 3.27. The van der Waals surface area contributed by atoms with Crippen molar-refractivity contribution in [3.8, 4) is 11.3 Å². The van der Waals surface area contributed by atoms with Crippen molar-refractivity contribution in [1.29, 1.82) is 0 Å². The molecule has 0 aliphatic rings. The van der Waals surface area contributed by atoms with Gasteiger partial charge in [0.1, 0.15) is 5.82 Å². The molecule has 3 aromatic rings. The fourth-order valence-corrected chi connectivity index (χ4v) is 5.81. The number of carbonyl (C=O) groups excluding carboxylic acids is 1. The summed E-state index contributed by atoms with van der Waals surface area (Å²) in [6.07, 6.45) is 7.84. The number of thiophene rings is 2. The zero-order chi connectivity index (χ0) is 17.8. The van der Waals surface area contributed by atoms with Gasteiger partial charge >= 0.3 is 0 Å². The van der Waals surface area contributed by atoms with E-state index in [1.807, 2.05) is 12.3 Å². The molecule has 7 heteroatoms. The van der Waals surface area contributed by atoms with Crippen LogP contribution in [0.3, 0.4) is 0 Å². The van der Waals surface area contributed by atoms with Gasteiger partial charge in [-0.05, 0) is 28.3 Å². The Balaban J connectivity index is 1.86. The summed E-state index contributed by atoms with van der Waals surface area (Å²) in [7, 11) is 0. The van der Waals surface area contributed by atoms with Gasteiger partial charge < -0.3 is 10.3 Å². The summed E-state index contributed by atoms with van der Waals surface area (Å²) in [4.78, 5) is 18.6. The molecule has 0 radical (unpaired) electrons. The minimum absolute atomic E-state index is 0.214. The van der Waals surface area contributed by atoms with Crippen molar-refractivity contribution in [2.24, 2.45) is 5.92 Å². The molecule has 25 heavy (non-hydrogen) atoms. The maximum absolute atomic E-state index is 10.4. The third-order valence-electron chi connectivity index (χ3n) is 3.88. The van der Waals surface area contributed by atoms with E-state index in [0.29, 0.717) is 18.9 Å². The number of hydrogen-bond acceptors (Lipinski definition) is 4. The molecule has 3 rings (SSSR count). The molecule has 3 heterocycles. The first kappa shape index (κ1) is 18.4. The van der Waals surface area contributed by atoms with E-state index in [1.54, 1.807) is 22.7 Å². The number of hydrogen-bond donors (Lipinski definition) is 2. The van der Waals surface area contributed by atoms with E-state index in [1.165, 1.54) is 15.0 Å². The molecule has 3 aromatic heterocycles. The Morgan fingerprint density at radius 1 is 1.32 bits per heavy atom. The first-order valence-electron chi connectivity index (χ1n) is 8.13. The molecule has 0 aliphatic heterocycles. The number of aromatic amines is 1. The number of allylic oxidation sites excluding steroid dienone is 1. The predicted molar refractivity (Wildman–Crippen MR) is 110 cm³/mol. The van der Waals surface area contributed by atoms with Gasteiger partial charge in [0.05, 0.1) is 15.1 Å². The van der Waals surface area contributed by atoms with E-state index in [0.717, 1.165) is 22.4 Å². The molecule has 0 saturated carbocycles. The summed E-state index contributed by atoms with van der Waals surface area (Å²) in [5.41, 5.74) is 2.18. The minimum Gasteiger partial charge on any atom is -0.355 e. The van der Waals surface area contributed by atoms with Crippen LogP contribution in [0.5, 0.6) is 0 Å². The molecule has 4 nitrogen and oxygen atoms in total. The maximum Gasteiger partial charge on any atom is 0.207 e. The lowest BCUT2D eigenvalue weighted by Gasteiger charge is -2.12. The summed E-state index contributed by atoms with van der Waals surface area (Å²) < 4.78 is 3.71. The van der Waals surface area contributed by atoms with E-state index in [-0.39, 0.29) is 5.92 Å². The van der Waals surface area contributed by atoms with Crippen molar-refractivity contribution >= 4 is 54.4 Å². The Hall–Kier alpha value is -1.44. The molecule has 1 unspecified atom stereocenters. The van der Waals surface area contributed by atoms with Crippen molar-refractivity contribution in [2.45, 2.75) is 26.2 Å². The molecule has 2 N–H and O–H groups in total. The fraction of sp³-hybridized carbons (Fsp3) is 0.333. The molecule has 0 fully saturated rings. The predicted octanol–water partition coefficient (Wildman–Crippen LogP) is 5.55. The number of amides is 1. The Morgan fingerprint density at radius 3 is 2.88 bits per heavy atom. The molecular weight excluding hydrogens is 418 g/mol. The van der Waals surface area contributed by atoms with Gasteiger partial charge in [-0.15, -0.1) is 22.7 Å². The first-order chi connectivity index (χ1) is 12.1. The van der Waals surface area contributed by atoms with Crippen LogP contribution >= 0.6 is 38.6 Å². The second kappa shape index (κ2) is 8.29. The van der Waals surface area contributed by atoms with E-state index < -0.39 is 0 Å². The van der Waals surface area contributed by atoms with Gasteiger partial charge in [0.15, 0.2) is 0 Å². The Kier molecular flexibility index (Phi) is 6.09. The Labute approximate surface area is 163 Å². The van der Waals surface area contributed by atoms with Crippen LogP contribution in [0.15, 0.2) is 33.6 Å². The van der Waals surface area contributed by atoms with Crippen LogP contribution in [-0.2, 0) is 4.79 Å². The SMILES string of the molecule is CC(C)CC(/C=C\CNC=O)c1nc(-c2csc3c(Br)csc23)c[nH]1. The summed E-state index contributed by atoms with van der Waals surface area (Å²) in [6, 6.07) is 0. The van der Waals surface area contributed by atoms with Gasteiger partial charge in [-0.3, -0.25) is 4.79 Å². The summed E-state index contributed by atoms with van der Waals surface area (Å²) in [6.45, 7) is 4.96. The number of nitrogens with one attached hydrogen (secondary N) is 2. The molecule has 132 valence electrons. The smallest absolute Gasteiger partial charge is 0.207 e. The number of nitrogens with zero attached hydrogens (tertiary/aromatic N) is 1. The molecule has 0 aromatic carbocycles. The standard InChI is InChI=1S/C18H20BrN3OS2/c1-11(2)6-12(4-3-5-20-10-23)18-21-7-15(22-18)13-8-24-17-14(19)9-25-16(13)17/h3-4,7-12H,5-6H2,1-2H3,(H,20,23)(H,21,22)/b4-3-. The second-order valence-electron chi connectivity index (χ2n) is 6.25. The Bertz CT molecular complexity index is 878. The summed E-state index contributed by atoms with van der Waals surface area (Å²) >= 11 is 7.09. The third kappa shape index (κ3) is 4.22. The highest BCUT2D eigenvalue weighted by molar-refractivity contribution is 9.10. The lowest BCUT2D eigenvalue weighted by molar-refractivity contribution is -0.109. The minimum atomic E-state index is 0.214. The van der Waals surface area contributed by atoms with Crippen LogP contribution in [-0.4, -0.2) is 22.9 Å². The molecule has 0 spiro atoms. The van der Waals surface area contributed by atoms with E-state index >= 15 is 0 Å². The zero-order valence-electron chi connectivity index (χ0n) is 14.1. The summed E-state index contributed by atoms with van der Waals surface area (Å²) in [5.74, 6) is 1.75. The van der Waals surface area contributed by atoms with Gasteiger partial charge in [-0.2, -0.15) is 0 Å². The molecule has 0 bridgehead atoms. The highest BCUT2D eigenvalue weighted by Crippen LogP contribution is 2.42. The maximum atomic E-state index is 10.4. The number of fused-ring (bicyclic) bond motifs is 1. The zero-order valence-corrected chi connectivity index (χ0v) is 17.3. The monoisotopic (exact) mass is 437 g/mol. The van der Waals surface area contributed by atoms with Crippen molar-refractivity contribution in [3.63, 3.8) is 0 Å². The Morgan fingerprint density at radius 2 is 2.12 bits per heavy atom. The highest BCUT2D eigenvalue weighted by atomic mass is 79.9. The third-order valence-corrected chi connectivity index (χ3v) is 7.23. The molecule has 1 atom stereocenters. The second-order valence-corrected chi connectivity index (χ2v) is 8.87. The van der Waals surface area contributed by atoms with Crippen molar-refractivity contribution in [3.05, 3.63) is 39.4 Å². The number of H-pyrrole nitrogens is 1. The molecule has 0 saturated heterocycles. The van der Waals surface area contributed by atoms with Crippen LogP contribution in [0.4, 0.5) is 0 Å². The van der Waals surface area contributed by atoms with E-state index in [2.05, 4.69) is 56.9 Å². The van der Waals surface area contributed by atoms with Crippen LogP contribution in [0, 0.1) is 5.92 Å². The van der Waals surface area contributed by atoms with Crippen molar-refractivity contribution < 1.29 is 4.79 Å². The number of imidazole rings is 1. The molecule has 1 amide bonds. The van der Waals surface area contributed by atoms with Gasteiger partial charge in [0, 0.05) is 39.5 Å². The molecule has 0 aliphatic carbocycles. The van der Waals surface area contributed by atoms with Crippen molar-refractivity contribution in [1.82, 2.24) is 15.3 Å². The lowest BCUT2D eigenvalue weighted by Crippen LogP contribution is -2.10. The van der Waals surface area contributed by atoms with Crippen molar-refractivity contribution in [2.75, 3.05) is 6.54 Å². The molecular formula is C18H20BrN3OS2. The van der Waals surface area contributed by atoms with Gasteiger partial charge in [0.2, 0.25) is 6.41 Å². The average molecular weight is 438 g/mol. The van der Waals surface area contributed by atoms with Crippen LogP contribution in [0.1, 0.15) is 32.0 Å². The number of carbonyl (C=O) groups is 1. The lowest BCUT2D eigenvalue weighted by atomic mass is 9.96. The van der Waals surface area contributed by atoms with Gasteiger partial charge in [0.25, 0.3) is 0 Å². The van der Waals surface area contributed by atoms with Crippen LogP contribution in [0.25, 0.3) is 20.7 Å². The van der Waals surface area contributed by atoms with E-state index in [4.69, 9.17) is 4.98 Å². The van der Waals surface area contributed by atoms with Crippen LogP contribution < -0.4 is 5.32 Å². The number of rotatable bonds is 8.